The zero-order valence-corrected chi connectivity index (χ0v) is 20.7. The number of carboxylic acid groups (broad SMARTS) is 1. The molecule has 1 saturated heterocycles. The van der Waals surface area contributed by atoms with Gasteiger partial charge in [0.05, 0.1) is 24.7 Å². The van der Waals surface area contributed by atoms with Crippen molar-refractivity contribution in [2.75, 3.05) is 32.5 Å². The first-order chi connectivity index (χ1) is 17.0. The maximum Gasteiger partial charge on any atom is 0.308 e. The molecule has 2 aromatic heterocycles. The second-order valence-electron chi connectivity index (χ2n) is 8.87. The number of aromatic nitrogens is 3. The standard InChI is InChI=1S/C26H31FN4O3S/c1-34-19-4-6-24-21(15-19)20(7-9-29-24)23(27)5-3-18-8-13-31(17-22(18)26(32)33)12-2-14-35-25-16-28-10-11-30-25/h4,6-7,9-11,15-16,18,22-23H,2-3,5,8,12-14,17H2,1H3,(H,32,33)/t18-,22+,23?/m1/s1. The zero-order chi connectivity index (χ0) is 24.6. The predicted molar refractivity (Wildman–Crippen MR) is 134 cm³/mol. The van der Waals surface area contributed by atoms with Crippen molar-refractivity contribution in [3.63, 3.8) is 0 Å². The molecule has 0 spiro atoms. The summed E-state index contributed by atoms with van der Waals surface area (Å²) in [6, 6.07) is 7.16. The van der Waals surface area contributed by atoms with E-state index in [1.165, 1.54) is 0 Å². The van der Waals surface area contributed by atoms with Crippen LogP contribution in [0.25, 0.3) is 10.9 Å². The normalized spacial score (nSPS) is 19.5. The molecule has 35 heavy (non-hydrogen) atoms. The number of fused-ring (bicyclic) bond motifs is 1. The number of benzene rings is 1. The van der Waals surface area contributed by atoms with Crippen molar-refractivity contribution in [2.45, 2.75) is 36.9 Å². The number of thioether (sulfide) groups is 1. The molecular formula is C26H31FN4O3S. The van der Waals surface area contributed by atoms with Crippen LogP contribution < -0.4 is 4.74 Å². The minimum Gasteiger partial charge on any atom is -0.497 e. The molecule has 186 valence electrons. The maximum absolute atomic E-state index is 15.4. The number of hydrogen-bond donors (Lipinski definition) is 1. The summed E-state index contributed by atoms with van der Waals surface area (Å²) in [6.45, 7) is 2.21. The molecule has 0 aliphatic carbocycles. The van der Waals surface area contributed by atoms with Gasteiger partial charge in [0.25, 0.3) is 0 Å². The lowest BCUT2D eigenvalue weighted by molar-refractivity contribution is -0.146. The number of nitrogens with zero attached hydrogens (tertiary/aromatic N) is 4. The van der Waals surface area contributed by atoms with Crippen LogP contribution >= 0.6 is 11.8 Å². The summed E-state index contributed by atoms with van der Waals surface area (Å²) >= 11 is 1.66. The predicted octanol–water partition coefficient (Wildman–Crippen LogP) is 5.03. The summed E-state index contributed by atoms with van der Waals surface area (Å²) in [7, 11) is 1.58. The average molecular weight is 499 g/mol. The Kier molecular flexibility index (Phi) is 8.87. The van der Waals surface area contributed by atoms with Crippen LogP contribution in [0.15, 0.2) is 54.1 Å². The van der Waals surface area contributed by atoms with Crippen molar-refractivity contribution in [3.05, 3.63) is 54.6 Å². The summed E-state index contributed by atoms with van der Waals surface area (Å²) in [4.78, 5) is 26.9. The van der Waals surface area contributed by atoms with E-state index in [2.05, 4.69) is 19.9 Å². The first kappa shape index (κ1) is 25.3. The van der Waals surface area contributed by atoms with E-state index >= 15 is 4.39 Å². The Balaban J connectivity index is 1.30. The third kappa shape index (κ3) is 6.67. The molecule has 0 saturated carbocycles. The smallest absolute Gasteiger partial charge is 0.308 e. The van der Waals surface area contributed by atoms with Gasteiger partial charge in [-0.1, -0.05) is 0 Å². The fourth-order valence-corrected chi connectivity index (χ4v) is 5.54. The van der Waals surface area contributed by atoms with Crippen LogP contribution in [0.1, 0.15) is 37.4 Å². The van der Waals surface area contributed by atoms with Crippen LogP contribution in [0, 0.1) is 11.8 Å². The fourth-order valence-electron chi connectivity index (χ4n) is 4.78. The van der Waals surface area contributed by atoms with Gasteiger partial charge < -0.3 is 14.7 Å². The molecule has 1 N–H and O–H groups in total. The Hall–Kier alpha value is -2.78. The zero-order valence-electron chi connectivity index (χ0n) is 19.8. The van der Waals surface area contributed by atoms with Crippen molar-refractivity contribution in [1.29, 1.82) is 0 Å². The van der Waals surface area contributed by atoms with E-state index in [0.29, 0.717) is 30.7 Å². The number of hydrogen-bond acceptors (Lipinski definition) is 7. The number of ether oxygens (including phenoxy) is 1. The Morgan fingerprint density at radius 2 is 2.17 bits per heavy atom. The average Bonchev–Trinajstić information content (AvgIpc) is 2.89. The molecule has 3 atom stereocenters. The van der Waals surface area contributed by atoms with Crippen LogP contribution in [0.4, 0.5) is 4.39 Å². The van der Waals surface area contributed by atoms with Crippen molar-refractivity contribution in [3.8, 4) is 5.75 Å². The van der Waals surface area contributed by atoms with E-state index in [1.807, 2.05) is 18.2 Å². The highest BCUT2D eigenvalue weighted by Gasteiger charge is 2.34. The molecular weight excluding hydrogens is 467 g/mol. The Morgan fingerprint density at radius 1 is 1.29 bits per heavy atom. The van der Waals surface area contributed by atoms with E-state index in [-0.39, 0.29) is 5.92 Å². The molecule has 7 nitrogen and oxygen atoms in total. The second kappa shape index (κ2) is 12.3. The highest BCUT2D eigenvalue weighted by Crippen LogP contribution is 2.35. The van der Waals surface area contributed by atoms with Gasteiger partial charge in [0.15, 0.2) is 0 Å². The van der Waals surface area contributed by atoms with E-state index in [4.69, 9.17) is 4.74 Å². The molecule has 4 rings (SSSR count). The van der Waals surface area contributed by atoms with Crippen molar-refractivity contribution >= 4 is 28.6 Å². The molecule has 1 aliphatic heterocycles. The Bertz CT molecular complexity index is 1120. The molecule has 1 fully saturated rings. The van der Waals surface area contributed by atoms with E-state index in [9.17, 15) is 9.90 Å². The molecule has 3 heterocycles. The van der Waals surface area contributed by atoms with Gasteiger partial charge in [-0.2, -0.15) is 0 Å². The lowest BCUT2D eigenvalue weighted by atomic mass is 9.81. The second-order valence-corrected chi connectivity index (χ2v) is 9.98. The molecule has 3 aromatic rings. The molecule has 0 amide bonds. The fraction of sp³-hybridized carbons (Fsp3) is 0.462. The number of aliphatic carboxylic acids is 1. The van der Waals surface area contributed by atoms with Crippen molar-refractivity contribution < 1.29 is 19.0 Å². The highest BCUT2D eigenvalue weighted by atomic mass is 32.2. The minimum atomic E-state index is -1.18. The van der Waals surface area contributed by atoms with Gasteiger partial charge in [-0.25, -0.2) is 9.37 Å². The van der Waals surface area contributed by atoms with Crippen LogP contribution in [0.2, 0.25) is 0 Å². The number of carboxylic acids is 1. The lowest BCUT2D eigenvalue weighted by Gasteiger charge is -2.36. The van der Waals surface area contributed by atoms with Crippen LogP contribution in [-0.4, -0.2) is 63.4 Å². The summed E-state index contributed by atoms with van der Waals surface area (Å²) < 4.78 is 20.7. The van der Waals surface area contributed by atoms with Gasteiger partial charge >= 0.3 is 5.97 Å². The van der Waals surface area contributed by atoms with E-state index < -0.39 is 18.1 Å². The van der Waals surface area contributed by atoms with Gasteiger partial charge in [0, 0.05) is 36.3 Å². The highest BCUT2D eigenvalue weighted by molar-refractivity contribution is 7.99. The summed E-state index contributed by atoms with van der Waals surface area (Å²) in [5.41, 5.74) is 1.30. The van der Waals surface area contributed by atoms with Gasteiger partial charge in [-0.15, -0.1) is 11.8 Å². The number of carbonyl (C=O) groups is 1. The minimum absolute atomic E-state index is 0.0291. The largest absolute Gasteiger partial charge is 0.497 e. The van der Waals surface area contributed by atoms with Gasteiger partial charge in [-0.05, 0) is 74.5 Å². The molecule has 9 heteroatoms. The first-order valence-corrected chi connectivity index (χ1v) is 12.9. The molecule has 0 radical (unpaired) electrons. The third-order valence-electron chi connectivity index (χ3n) is 6.68. The molecule has 0 bridgehead atoms. The van der Waals surface area contributed by atoms with Crippen LogP contribution in [-0.2, 0) is 4.79 Å². The number of halogens is 1. The summed E-state index contributed by atoms with van der Waals surface area (Å²) in [5, 5.41) is 11.5. The van der Waals surface area contributed by atoms with Crippen LogP contribution in [0.5, 0.6) is 5.75 Å². The maximum atomic E-state index is 15.4. The monoisotopic (exact) mass is 498 g/mol. The summed E-state index contributed by atoms with van der Waals surface area (Å²) in [5.74, 6) is 0.275. The topological polar surface area (TPSA) is 88.4 Å². The first-order valence-electron chi connectivity index (χ1n) is 12.0. The SMILES string of the molecule is COc1ccc2nccc(C(F)CC[C@@H]3CCN(CCCSc4cnccn4)C[C@@H]3C(=O)O)c2c1. The van der Waals surface area contributed by atoms with Crippen molar-refractivity contribution in [2.24, 2.45) is 11.8 Å². The summed E-state index contributed by atoms with van der Waals surface area (Å²) in [6.07, 6.45) is 8.08. The lowest BCUT2D eigenvalue weighted by Crippen LogP contribution is -2.44. The van der Waals surface area contributed by atoms with Gasteiger partial charge in [-0.3, -0.25) is 14.8 Å². The number of likely N-dealkylation sites (tertiary alicyclic amines) is 1. The van der Waals surface area contributed by atoms with E-state index in [1.54, 1.807) is 49.7 Å². The van der Waals surface area contributed by atoms with Crippen LogP contribution in [0.3, 0.4) is 0 Å². The van der Waals surface area contributed by atoms with Crippen molar-refractivity contribution in [1.82, 2.24) is 19.9 Å². The number of alkyl halides is 1. The van der Waals surface area contributed by atoms with Gasteiger partial charge in [0.1, 0.15) is 16.9 Å². The third-order valence-corrected chi connectivity index (χ3v) is 7.68. The number of pyridine rings is 1. The quantitative estimate of drug-likeness (QED) is 0.291. The Morgan fingerprint density at radius 3 is 2.94 bits per heavy atom. The van der Waals surface area contributed by atoms with E-state index in [0.717, 1.165) is 47.6 Å². The molecule has 1 aliphatic rings. The molecule has 1 unspecified atom stereocenters. The molecule has 1 aromatic carbocycles. The Labute approximate surface area is 209 Å². The number of piperidine rings is 1. The number of methoxy groups -OCH3 is 1. The number of rotatable bonds is 11. The van der Waals surface area contributed by atoms with Gasteiger partial charge in [0.2, 0.25) is 0 Å².